The van der Waals surface area contributed by atoms with Gasteiger partial charge in [0.15, 0.2) is 17.5 Å². The van der Waals surface area contributed by atoms with Gasteiger partial charge in [0, 0.05) is 58.7 Å². The summed E-state index contributed by atoms with van der Waals surface area (Å²) in [7, 11) is 0. The van der Waals surface area contributed by atoms with Gasteiger partial charge in [-0.2, -0.15) is 0 Å². The summed E-state index contributed by atoms with van der Waals surface area (Å²) >= 11 is 1.81. The number of para-hydroxylation sites is 2. The SMILES string of the molecule is CC1(C)c2ccccc2-c2ccc(-c3nc(-c4ccccc4)nc(-c4cccc5c4sc4cccc(-c6ccc7c(c6)c6ccccc6n7-c6ccccc6)c45)n3)cc21. The van der Waals surface area contributed by atoms with E-state index in [2.05, 4.69) is 182 Å². The first-order valence-corrected chi connectivity index (χ1v) is 20.9. The molecule has 3 aromatic heterocycles. The van der Waals surface area contributed by atoms with Crippen molar-refractivity contribution in [3.8, 4) is 62.1 Å². The minimum Gasteiger partial charge on any atom is -0.309 e. The number of nitrogens with zero attached hydrogens (tertiary/aromatic N) is 4. The maximum atomic E-state index is 5.30. The molecule has 278 valence electrons. The molecule has 0 fully saturated rings. The Morgan fingerprint density at radius 1 is 0.424 bits per heavy atom. The second-order valence-electron chi connectivity index (χ2n) is 16.0. The highest BCUT2D eigenvalue weighted by Crippen LogP contribution is 2.50. The Kier molecular flexibility index (Phi) is 7.41. The van der Waals surface area contributed by atoms with Crippen LogP contribution < -0.4 is 0 Å². The molecule has 1 aliphatic rings. The van der Waals surface area contributed by atoms with Crippen molar-refractivity contribution in [2.24, 2.45) is 0 Å². The van der Waals surface area contributed by atoms with E-state index >= 15 is 0 Å². The molecule has 1 aliphatic carbocycles. The summed E-state index contributed by atoms with van der Waals surface area (Å²) in [6.07, 6.45) is 0. The van der Waals surface area contributed by atoms with Crippen LogP contribution >= 0.6 is 11.3 Å². The Morgan fingerprint density at radius 3 is 1.92 bits per heavy atom. The van der Waals surface area contributed by atoms with Crippen molar-refractivity contribution in [1.82, 2.24) is 19.5 Å². The predicted octanol–water partition coefficient (Wildman–Crippen LogP) is 14.3. The van der Waals surface area contributed by atoms with Crippen molar-refractivity contribution >= 4 is 53.3 Å². The average Bonchev–Trinajstić information content (AvgIpc) is 3.92. The normalized spacial score (nSPS) is 13.1. The third-order valence-electron chi connectivity index (χ3n) is 12.3. The van der Waals surface area contributed by atoms with Gasteiger partial charge in [-0.15, -0.1) is 11.3 Å². The number of benzene rings is 8. The maximum Gasteiger partial charge on any atom is 0.165 e. The summed E-state index contributed by atoms with van der Waals surface area (Å²) < 4.78 is 4.77. The molecule has 8 aromatic carbocycles. The van der Waals surface area contributed by atoms with Crippen LogP contribution in [0.2, 0.25) is 0 Å². The van der Waals surface area contributed by atoms with Crippen molar-refractivity contribution in [3.63, 3.8) is 0 Å². The Balaban J connectivity index is 1.03. The van der Waals surface area contributed by atoms with Crippen LogP contribution in [0.4, 0.5) is 0 Å². The van der Waals surface area contributed by atoms with Crippen LogP contribution in [0, 0.1) is 0 Å². The summed E-state index contributed by atoms with van der Waals surface area (Å²) in [6, 6.07) is 65.3. The molecule has 0 saturated heterocycles. The third-order valence-corrected chi connectivity index (χ3v) is 13.5. The van der Waals surface area contributed by atoms with E-state index in [1.54, 1.807) is 0 Å². The summed E-state index contributed by atoms with van der Waals surface area (Å²) in [5.74, 6) is 2.01. The number of aromatic nitrogens is 4. The van der Waals surface area contributed by atoms with Crippen LogP contribution in [0.25, 0.3) is 104 Å². The van der Waals surface area contributed by atoms with Crippen LogP contribution in [0.5, 0.6) is 0 Å². The quantitative estimate of drug-likeness (QED) is 0.175. The number of thiophene rings is 1. The van der Waals surface area contributed by atoms with Gasteiger partial charge in [-0.05, 0) is 81.9 Å². The van der Waals surface area contributed by atoms with Crippen LogP contribution in [0.3, 0.4) is 0 Å². The first-order chi connectivity index (χ1) is 29.0. The zero-order chi connectivity index (χ0) is 39.2. The second-order valence-corrected chi connectivity index (χ2v) is 17.0. The van der Waals surface area contributed by atoms with E-state index in [1.165, 1.54) is 75.4 Å². The van der Waals surface area contributed by atoms with Gasteiger partial charge in [0.1, 0.15) is 0 Å². The van der Waals surface area contributed by atoms with Gasteiger partial charge >= 0.3 is 0 Å². The van der Waals surface area contributed by atoms with E-state index in [4.69, 9.17) is 15.0 Å². The Hall–Kier alpha value is -7.21. The maximum absolute atomic E-state index is 5.30. The molecule has 12 rings (SSSR count). The van der Waals surface area contributed by atoms with Crippen LogP contribution in [-0.4, -0.2) is 19.5 Å². The fourth-order valence-corrected chi connectivity index (χ4v) is 10.7. The van der Waals surface area contributed by atoms with E-state index in [9.17, 15) is 0 Å². The van der Waals surface area contributed by atoms with Crippen LogP contribution in [0.15, 0.2) is 182 Å². The molecular weight excluding hydrogens is 737 g/mol. The lowest BCUT2D eigenvalue weighted by molar-refractivity contribution is 0.660. The molecule has 0 atom stereocenters. The summed E-state index contributed by atoms with van der Waals surface area (Å²) in [6.45, 7) is 4.63. The van der Waals surface area contributed by atoms with Crippen LogP contribution in [-0.2, 0) is 5.41 Å². The number of hydrogen-bond acceptors (Lipinski definition) is 4. The highest BCUT2D eigenvalue weighted by Gasteiger charge is 2.35. The molecule has 0 unspecified atom stereocenters. The van der Waals surface area contributed by atoms with E-state index in [1.807, 2.05) is 29.5 Å². The first kappa shape index (κ1) is 33.9. The van der Waals surface area contributed by atoms with Gasteiger partial charge in [-0.3, -0.25) is 0 Å². The molecule has 3 heterocycles. The summed E-state index contributed by atoms with van der Waals surface area (Å²) in [5.41, 5.74) is 14.0. The Bertz CT molecular complexity index is 3470. The first-order valence-electron chi connectivity index (χ1n) is 20.1. The predicted molar refractivity (Wildman–Crippen MR) is 246 cm³/mol. The van der Waals surface area contributed by atoms with E-state index in [0.717, 1.165) is 22.4 Å². The van der Waals surface area contributed by atoms with Crippen molar-refractivity contribution in [3.05, 3.63) is 193 Å². The topological polar surface area (TPSA) is 43.6 Å². The monoisotopic (exact) mass is 772 g/mol. The molecule has 5 heteroatoms. The average molecular weight is 773 g/mol. The van der Waals surface area contributed by atoms with E-state index in [0.29, 0.717) is 17.5 Å². The van der Waals surface area contributed by atoms with Crippen LogP contribution in [0.1, 0.15) is 25.0 Å². The molecule has 0 spiro atoms. The highest BCUT2D eigenvalue weighted by molar-refractivity contribution is 7.26. The molecule has 0 N–H and O–H groups in total. The van der Waals surface area contributed by atoms with E-state index < -0.39 is 0 Å². The molecule has 0 radical (unpaired) electrons. The van der Waals surface area contributed by atoms with Crippen molar-refractivity contribution in [2.75, 3.05) is 0 Å². The van der Waals surface area contributed by atoms with Gasteiger partial charge in [0.25, 0.3) is 0 Å². The fourth-order valence-electron chi connectivity index (χ4n) is 9.45. The van der Waals surface area contributed by atoms with Crippen molar-refractivity contribution < 1.29 is 0 Å². The minimum atomic E-state index is -0.135. The number of hydrogen-bond donors (Lipinski definition) is 0. The third kappa shape index (κ3) is 5.18. The summed E-state index contributed by atoms with van der Waals surface area (Å²) in [4.78, 5) is 15.6. The largest absolute Gasteiger partial charge is 0.309 e. The molecule has 0 amide bonds. The molecule has 4 nitrogen and oxygen atoms in total. The fraction of sp³-hybridized carbons (Fsp3) is 0.0556. The standard InChI is InChI=1S/C54H36N4S/c1-54(2)44-24-11-9-19-38(44)39-29-27-35(32-45(39)54)52-55-51(33-15-5-3-6-16-33)56-53(57-52)42-23-13-22-41-49-37(21-14-26-48(49)59-50(41)42)34-28-30-47-43(31-34)40-20-10-12-25-46(40)58(47)36-17-7-4-8-18-36/h3-32H,1-2H3. The van der Waals surface area contributed by atoms with Gasteiger partial charge < -0.3 is 4.57 Å². The Morgan fingerprint density at radius 2 is 1.05 bits per heavy atom. The molecule has 0 bridgehead atoms. The minimum absolute atomic E-state index is 0.135. The van der Waals surface area contributed by atoms with Crippen molar-refractivity contribution in [2.45, 2.75) is 19.3 Å². The molecule has 59 heavy (non-hydrogen) atoms. The Labute approximate surface area is 345 Å². The lowest BCUT2D eigenvalue weighted by Crippen LogP contribution is -2.15. The zero-order valence-electron chi connectivity index (χ0n) is 32.5. The molecule has 0 saturated carbocycles. The lowest BCUT2D eigenvalue weighted by Gasteiger charge is -2.21. The van der Waals surface area contributed by atoms with Gasteiger partial charge in [-0.1, -0.05) is 147 Å². The number of rotatable bonds is 5. The molecule has 0 aliphatic heterocycles. The lowest BCUT2D eigenvalue weighted by atomic mass is 9.82. The summed E-state index contributed by atoms with van der Waals surface area (Å²) in [5, 5.41) is 4.93. The van der Waals surface area contributed by atoms with E-state index in [-0.39, 0.29) is 5.41 Å². The molecular formula is C54H36N4S. The molecule has 11 aromatic rings. The smallest absolute Gasteiger partial charge is 0.165 e. The highest BCUT2D eigenvalue weighted by atomic mass is 32.1. The zero-order valence-corrected chi connectivity index (χ0v) is 33.3. The number of fused-ring (bicyclic) bond motifs is 9. The second kappa shape index (κ2) is 12.9. The van der Waals surface area contributed by atoms with Gasteiger partial charge in [0.05, 0.1) is 11.0 Å². The van der Waals surface area contributed by atoms with Gasteiger partial charge in [-0.25, -0.2) is 15.0 Å². The van der Waals surface area contributed by atoms with Crippen molar-refractivity contribution in [1.29, 1.82) is 0 Å². The van der Waals surface area contributed by atoms with Gasteiger partial charge in [0.2, 0.25) is 0 Å².